The van der Waals surface area contributed by atoms with Crippen molar-refractivity contribution >= 4 is 11.9 Å². The zero-order chi connectivity index (χ0) is 42.1. The van der Waals surface area contributed by atoms with E-state index in [1.54, 1.807) is 0 Å². The number of unbranched alkanes of at least 4 members (excludes halogenated alkanes) is 24. The van der Waals surface area contributed by atoms with Crippen molar-refractivity contribution < 1.29 is 23.8 Å². The first-order valence-electron chi connectivity index (χ1n) is 24.8. The molecular formula is C53H94O5. The molecule has 0 aromatic carbocycles. The highest BCUT2D eigenvalue weighted by molar-refractivity contribution is 5.70. The molecule has 0 fully saturated rings. The van der Waals surface area contributed by atoms with Crippen molar-refractivity contribution in [2.75, 3.05) is 19.8 Å². The Morgan fingerprint density at radius 1 is 0.397 bits per heavy atom. The largest absolute Gasteiger partial charge is 0.462 e. The Kier molecular flexibility index (Phi) is 46.9. The van der Waals surface area contributed by atoms with Gasteiger partial charge in [-0.05, 0) is 83.5 Å². The summed E-state index contributed by atoms with van der Waals surface area (Å²) in [5.74, 6) is -0.429. The second-order valence-corrected chi connectivity index (χ2v) is 16.3. The third-order valence-corrected chi connectivity index (χ3v) is 10.5. The van der Waals surface area contributed by atoms with Gasteiger partial charge in [0.15, 0.2) is 6.10 Å². The Labute approximate surface area is 360 Å². The Balaban J connectivity index is 4.30. The summed E-state index contributed by atoms with van der Waals surface area (Å²) < 4.78 is 17.3. The molecule has 0 radical (unpaired) electrons. The zero-order valence-corrected chi connectivity index (χ0v) is 38.6. The Bertz CT molecular complexity index is 1010. The molecule has 1 unspecified atom stereocenters. The fourth-order valence-electron chi connectivity index (χ4n) is 6.85. The van der Waals surface area contributed by atoms with E-state index >= 15 is 0 Å². The predicted octanol–water partition coefficient (Wildman–Crippen LogP) is 16.6. The predicted molar refractivity (Wildman–Crippen MR) is 251 cm³/mol. The number of esters is 2. The number of allylic oxidation sites excluding steroid dienone is 10. The third-order valence-electron chi connectivity index (χ3n) is 10.5. The molecule has 0 bridgehead atoms. The number of rotatable bonds is 45. The van der Waals surface area contributed by atoms with Crippen molar-refractivity contribution in [1.29, 1.82) is 0 Å². The fourth-order valence-corrected chi connectivity index (χ4v) is 6.85. The van der Waals surface area contributed by atoms with E-state index < -0.39 is 6.10 Å². The van der Waals surface area contributed by atoms with Crippen LogP contribution in [-0.2, 0) is 23.8 Å². The van der Waals surface area contributed by atoms with E-state index in [1.807, 2.05) is 0 Å². The van der Waals surface area contributed by atoms with Crippen molar-refractivity contribution in [3.63, 3.8) is 0 Å². The maximum absolute atomic E-state index is 12.8. The number of carbonyl (C=O) groups is 2. The van der Waals surface area contributed by atoms with E-state index in [-0.39, 0.29) is 25.2 Å². The van der Waals surface area contributed by atoms with Crippen molar-refractivity contribution in [3.8, 4) is 0 Å². The molecule has 0 amide bonds. The van der Waals surface area contributed by atoms with Crippen LogP contribution in [0.4, 0.5) is 0 Å². The minimum absolute atomic E-state index is 0.0704. The molecule has 0 aliphatic rings. The lowest BCUT2D eigenvalue weighted by Crippen LogP contribution is -2.30. The Morgan fingerprint density at radius 3 is 1.28 bits per heavy atom. The quantitative estimate of drug-likeness (QED) is 0.0348. The summed E-state index contributed by atoms with van der Waals surface area (Å²) in [5.41, 5.74) is 0. The van der Waals surface area contributed by atoms with Gasteiger partial charge in [-0.2, -0.15) is 0 Å². The summed E-state index contributed by atoms with van der Waals surface area (Å²) in [5, 5.41) is 0. The number of ether oxygens (including phenoxy) is 3. The zero-order valence-electron chi connectivity index (χ0n) is 38.6. The monoisotopic (exact) mass is 811 g/mol. The number of carbonyl (C=O) groups excluding carboxylic acids is 2. The lowest BCUT2D eigenvalue weighted by Gasteiger charge is -2.18. The molecule has 0 aliphatic heterocycles. The molecule has 0 rings (SSSR count). The summed E-state index contributed by atoms with van der Waals surface area (Å²) in [6, 6.07) is 0. The highest BCUT2D eigenvalue weighted by Gasteiger charge is 2.17. The standard InChI is InChI=1S/C53H94O5/c1-4-7-10-13-16-19-22-25-26-27-28-30-31-34-37-40-43-46-52(54)57-50-51(49-56-48-45-42-39-36-33-24-21-18-15-12-9-6-3)58-53(55)47-44-41-38-35-32-29-23-20-17-14-11-8-5-2/h7,10,16,19-20,23,25-26,28,30,51H,4-6,8-9,11-15,17-18,21-22,24,27,29,31-50H2,1-3H3/b10-7-,19-16-,23-20-,26-25-,30-28-. The molecule has 1 atom stereocenters. The second kappa shape index (κ2) is 49.0. The summed E-state index contributed by atoms with van der Waals surface area (Å²) in [4.78, 5) is 25.3. The minimum Gasteiger partial charge on any atom is -0.462 e. The van der Waals surface area contributed by atoms with Crippen LogP contribution < -0.4 is 0 Å². The van der Waals surface area contributed by atoms with Gasteiger partial charge >= 0.3 is 11.9 Å². The summed E-state index contributed by atoms with van der Waals surface area (Å²) >= 11 is 0. The van der Waals surface area contributed by atoms with E-state index in [2.05, 4.69) is 81.5 Å². The first-order chi connectivity index (χ1) is 28.6. The summed E-state index contributed by atoms with van der Waals surface area (Å²) in [7, 11) is 0. The molecule has 0 aliphatic carbocycles. The van der Waals surface area contributed by atoms with Crippen LogP contribution >= 0.6 is 0 Å². The van der Waals surface area contributed by atoms with Gasteiger partial charge in [0.1, 0.15) is 6.61 Å². The molecule has 0 heterocycles. The second-order valence-electron chi connectivity index (χ2n) is 16.3. The fraction of sp³-hybridized carbons (Fsp3) is 0.774. The molecule has 336 valence electrons. The van der Waals surface area contributed by atoms with E-state index in [4.69, 9.17) is 14.2 Å². The first-order valence-corrected chi connectivity index (χ1v) is 24.8. The lowest BCUT2D eigenvalue weighted by molar-refractivity contribution is -0.163. The molecule has 0 saturated heterocycles. The molecule has 0 N–H and O–H groups in total. The topological polar surface area (TPSA) is 61.8 Å². The van der Waals surface area contributed by atoms with Crippen LogP contribution in [0.1, 0.15) is 239 Å². The van der Waals surface area contributed by atoms with Crippen molar-refractivity contribution in [2.24, 2.45) is 0 Å². The molecule has 5 nitrogen and oxygen atoms in total. The van der Waals surface area contributed by atoms with Gasteiger partial charge in [-0.15, -0.1) is 0 Å². The normalized spacial score (nSPS) is 12.7. The Hall–Kier alpha value is -2.40. The first kappa shape index (κ1) is 55.6. The van der Waals surface area contributed by atoms with Gasteiger partial charge in [-0.1, -0.05) is 204 Å². The van der Waals surface area contributed by atoms with Crippen LogP contribution in [-0.4, -0.2) is 37.9 Å². The number of hydrogen-bond acceptors (Lipinski definition) is 5. The highest BCUT2D eigenvalue weighted by atomic mass is 16.6. The minimum atomic E-state index is -0.548. The van der Waals surface area contributed by atoms with Crippen LogP contribution in [0.2, 0.25) is 0 Å². The van der Waals surface area contributed by atoms with Gasteiger partial charge in [0.05, 0.1) is 6.61 Å². The molecule has 0 saturated carbocycles. The SMILES string of the molecule is CC/C=C\C/C=C\C/C=C\C/C=C\CCCCCCC(=O)OCC(COCCCCCCCCCCCCCC)OC(=O)CCCCCCC/C=C\CCCCCC. The maximum Gasteiger partial charge on any atom is 0.306 e. The average molecular weight is 811 g/mol. The van der Waals surface area contributed by atoms with E-state index in [0.717, 1.165) is 96.3 Å². The summed E-state index contributed by atoms with van der Waals surface area (Å²) in [6.07, 6.45) is 60.7. The Morgan fingerprint density at radius 2 is 0.776 bits per heavy atom. The van der Waals surface area contributed by atoms with Crippen LogP contribution in [0.5, 0.6) is 0 Å². The molecule has 58 heavy (non-hydrogen) atoms. The molecule has 0 spiro atoms. The van der Waals surface area contributed by atoms with Gasteiger partial charge in [0.25, 0.3) is 0 Å². The molecule has 5 heteroatoms. The van der Waals surface area contributed by atoms with Gasteiger partial charge in [-0.25, -0.2) is 0 Å². The third kappa shape index (κ3) is 46.3. The van der Waals surface area contributed by atoms with E-state index in [9.17, 15) is 9.59 Å². The van der Waals surface area contributed by atoms with Crippen LogP contribution in [0, 0.1) is 0 Å². The van der Waals surface area contributed by atoms with Gasteiger partial charge in [0, 0.05) is 19.4 Å². The van der Waals surface area contributed by atoms with E-state index in [1.165, 1.54) is 109 Å². The van der Waals surface area contributed by atoms with Crippen LogP contribution in [0.3, 0.4) is 0 Å². The van der Waals surface area contributed by atoms with Crippen molar-refractivity contribution in [3.05, 3.63) is 60.8 Å². The maximum atomic E-state index is 12.8. The summed E-state index contributed by atoms with van der Waals surface area (Å²) in [6.45, 7) is 7.68. The average Bonchev–Trinajstić information content (AvgIpc) is 3.22. The van der Waals surface area contributed by atoms with Gasteiger partial charge < -0.3 is 14.2 Å². The van der Waals surface area contributed by atoms with E-state index in [0.29, 0.717) is 19.4 Å². The molecular weight excluding hydrogens is 717 g/mol. The van der Waals surface area contributed by atoms with Crippen LogP contribution in [0.25, 0.3) is 0 Å². The van der Waals surface area contributed by atoms with Crippen molar-refractivity contribution in [2.45, 2.75) is 245 Å². The number of hydrogen-bond donors (Lipinski definition) is 0. The molecule has 0 aromatic heterocycles. The van der Waals surface area contributed by atoms with Gasteiger partial charge in [0.2, 0.25) is 0 Å². The van der Waals surface area contributed by atoms with Crippen molar-refractivity contribution in [1.82, 2.24) is 0 Å². The lowest BCUT2D eigenvalue weighted by atomic mass is 10.1. The van der Waals surface area contributed by atoms with Crippen LogP contribution in [0.15, 0.2) is 60.8 Å². The highest BCUT2D eigenvalue weighted by Crippen LogP contribution is 2.14. The van der Waals surface area contributed by atoms with Gasteiger partial charge in [-0.3, -0.25) is 9.59 Å². The molecule has 0 aromatic rings. The smallest absolute Gasteiger partial charge is 0.306 e.